The maximum Gasteiger partial charge on any atom is 0.345 e. The summed E-state index contributed by atoms with van der Waals surface area (Å²) in [5.74, 6) is -1.74. The van der Waals surface area contributed by atoms with Crippen molar-refractivity contribution < 1.29 is 24.2 Å². The van der Waals surface area contributed by atoms with Gasteiger partial charge in [0.05, 0.1) is 18.6 Å². The number of nitrogens with zero attached hydrogens (tertiary/aromatic N) is 2. The summed E-state index contributed by atoms with van der Waals surface area (Å²) in [4.78, 5) is 35.7. The number of aliphatic hydroxyl groups is 1. The van der Waals surface area contributed by atoms with Crippen molar-refractivity contribution in [1.29, 1.82) is 0 Å². The molecule has 1 aliphatic heterocycles. The van der Waals surface area contributed by atoms with Crippen LogP contribution in [0, 0.1) is 6.92 Å². The number of fused-ring (bicyclic) bond motifs is 1. The van der Waals surface area contributed by atoms with Gasteiger partial charge in [0, 0.05) is 73.4 Å². The number of aromatic amines is 1. The third-order valence-corrected chi connectivity index (χ3v) is 8.52. The molecule has 2 N–H and O–H groups in total. The van der Waals surface area contributed by atoms with Crippen LogP contribution < -0.4 is 4.74 Å². The van der Waals surface area contributed by atoms with Crippen molar-refractivity contribution in [1.82, 2.24) is 14.8 Å². The lowest BCUT2D eigenvalue weighted by Gasteiger charge is -2.38. The molecule has 5 rings (SSSR count). The number of methoxy groups -OCH3 is 1. The minimum absolute atomic E-state index is 0.184. The number of aromatic nitrogens is 1. The molecule has 1 fully saturated rings. The van der Waals surface area contributed by atoms with E-state index in [1.165, 1.54) is 0 Å². The lowest BCUT2D eigenvalue weighted by molar-refractivity contribution is -0.140. The van der Waals surface area contributed by atoms with E-state index in [0.29, 0.717) is 17.3 Å². The van der Waals surface area contributed by atoms with Crippen LogP contribution in [0.1, 0.15) is 45.4 Å². The Kier molecular flexibility index (Phi) is 10.1. The molecule has 0 amide bonds. The molecule has 2 heterocycles. The Morgan fingerprint density at radius 3 is 2.35 bits per heavy atom. The fourth-order valence-electron chi connectivity index (χ4n) is 6.01. The second kappa shape index (κ2) is 14.2. The lowest BCUT2D eigenvalue weighted by Crippen LogP contribution is -2.48. The van der Waals surface area contributed by atoms with Crippen LogP contribution in [0.25, 0.3) is 10.9 Å². The molecule has 8 nitrogen and oxygen atoms in total. The minimum Gasteiger partial charge on any atom is -0.497 e. The number of carbonyl (C=O) groups is 2. The number of hydrogen-bond donors (Lipinski definition) is 2. The predicted molar refractivity (Wildman–Crippen MR) is 168 cm³/mol. The molecule has 0 radical (unpaired) electrons. The van der Waals surface area contributed by atoms with E-state index in [4.69, 9.17) is 21.1 Å². The molecule has 43 heavy (non-hydrogen) atoms. The van der Waals surface area contributed by atoms with Gasteiger partial charge in [0.2, 0.25) is 0 Å². The topological polar surface area (TPSA) is 95.1 Å². The van der Waals surface area contributed by atoms with Gasteiger partial charge in [0.25, 0.3) is 0 Å². The van der Waals surface area contributed by atoms with Crippen LogP contribution >= 0.6 is 11.6 Å². The number of hydrogen-bond acceptors (Lipinski definition) is 7. The average Bonchev–Trinajstić information content (AvgIpc) is 3.35. The number of aliphatic hydroxyl groups excluding tert-OH is 1. The second-order valence-electron chi connectivity index (χ2n) is 11.0. The Balaban J connectivity index is 1.55. The van der Waals surface area contributed by atoms with Gasteiger partial charge < -0.3 is 29.4 Å². The first-order valence-electron chi connectivity index (χ1n) is 14.7. The first kappa shape index (κ1) is 30.8. The van der Waals surface area contributed by atoms with Crippen molar-refractivity contribution in [2.24, 2.45) is 0 Å². The highest BCUT2D eigenvalue weighted by molar-refractivity contribution is 6.30. The number of benzene rings is 3. The van der Waals surface area contributed by atoms with Crippen molar-refractivity contribution >= 4 is 34.4 Å². The summed E-state index contributed by atoms with van der Waals surface area (Å²) in [5, 5.41) is 10.6. The summed E-state index contributed by atoms with van der Waals surface area (Å²) in [6.45, 7) is 7.04. The van der Waals surface area contributed by atoms with Gasteiger partial charge in [-0.1, -0.05) is 41.9 Å². The minimum atomic E-state index is -0.785. The van der Waals surface area contributed by atoms with Gasteiger partial charge in [0.15, 0.2) is 0 Å². The third kappa shape index (κ3) is 7.28. The Bertz CT molecular complexity index is 1530. The van der Waals surface area contributed by atoms with Crippen molar-refractivity contribution in [2.45, 2.75) is 25.2 Å². The SMILES string of the molecule is COc1ccc2[nH]c(C)c(C(C(=O)OC(=O)c3ccc(Cl)cc3)C(CN3CCN(CCCO)CC3)c3ccccc3)c2c1. The molecular formula is C34H38ClN3O5. The van der Waals surface area contributed by atoms with E-state index in [-0.39, 0.29) is 18.1 Å². The van der Waals surface area contributed by atoms with E-state index in [1.807, 2.05) is 55.5 Å². The Morgan fingerprint density at radius 1 is 0.977 bits per heavy atom. The molecule has 4 aromatic rings. The fraction of sp³-hybridized carbons (Fsp3) is 0.353. The van der Waals surface area contributed by atoms with Gasteiger partial charge in [-0.05, 0) is 66.9 Å². The molecule has 9 heteroatoms. The van der Waals surface area contributed by atoms with E-state index in [2.05, 4.69) is 14.8 Å². The van der Waals surface area contributed by atoms with Crippen LogP contribution in [-0.4, -0.2) is 84.8 Å². The number of H-pyrrole nitrogens is 1. The smallest absolute Gasteiger partial charge is 0.345 e. The van der Waals surface area contributed by atoms with Gasteiger partial charge in [-0.2, -0.15) is 0 Å². The number of rotatable bonds is 11. The number of nitrogens with one attached hydrogen (secondary N) is 1. The van der Waals surface area contributed by atoms with Crippen LogP contribution in [0.2, 0.25) is 5.02 Å². The van der Waals surface area contributed by atoms with E-state index >= 15 is 0 Å². The van der Waals surface area contributed by atoms with Crippen molar-refractivity contribution in [3.63, 3.8) is 0 Å². The van der Waals surface area contributed by atoms with Crippen LogP contribution in [-0.2, 0) is 9.53 Å². The predicted octanol–water partition coefficient (Wildman–Crippen LogP) is 5.39. The van der Waals surface area contributed by atoms with Gasteiger partial charge in [-0.25, -0.2) is 4.79 Å². The normalized spacial score (nSPS) is 15.7. The summed E-state index contributed by atoms with van der Waals surface area (Å²) in [5.41, 5.74) is 3.74. The largest absolute Gasteiger partial charge is 0.497 e. The summed E-state index contributed by atoms with van der Waals surface area (Å²) in [6.07, 6.45) is 0.755. The van der Waals surface area contributed by atoms with Crippen molar-refractivity contribution in [3.8, 4) is 5.75 Å². The molecule has 226 valence electrons. The average molecular weight is 604 g/mol. The summed E-state index contributed by atoms with van der Waals surface area (Å²) >= 11 is 6.02. The molecule has 2 unspecified atom stereocenters. The molecule has 1 aliphatic rings. The number of aryl methyl sites for hydroxylation is 1. The maximum absolute atomic E-state index is 14.3. The molecule has 0 aliphatic carbocycles. The van der Waals surface area contributed by atoms with Gasteiger partial charge in [0.1, 0.15) is 5.75 Å². The molecule has 0 saturated carbocycles. The van der Waals surface area contributed by atoms with Crippen LogP contribution in [0.5, 0.6) is 5.75 Å². The molecule has 2 atom stereocenters. The maximum atomic E-state index is 14.3. The zero-order valence-corrected chi connectivity index (χ0v) is 25.3. The summed E-state index contributed by atoms with van der Waals surface area (Å²) < 4.78 is 11.2. The molecule has 3 aromatic carbocycles. The Hall–Kier alpha value is -3.69. The number of ether oxygens (including phenoxy) is 2. The number of piperazine rings is 1. The van der Waals surface area contributed by atoms with E-state index < -0.39 is 17.9 Å². The molecule has 1 saturated heterocycles. The summed E-state index contributed by atoms with van der Waals surface area (Å²) in [7, 11) is 1.61. The molecular weight excluding hydrogens is 566 g/mol. The number of esters is 2. The monoisotopic (exact) mass is 603 g/mol. The number of halogens is 1. The highest BCUT2D eigenvalue weighted by atomic mass is 35.5. The summed E-state index contributed by atoms with van der Waals surface area (Å²) in [6, 6.07) is 22.0. The zero-order valence-electron chi connectivity index (χ0n) is 24.6. The van der Waals surface area contributed by atoms with E-state index in [0.717, 1.165) is 66.9 Å². The van der Waals surface area contributed by atoms with E-state index in [1.54, 1.807) is 31.4 Å². The van der Waals surface area contributed by atoms with Gasteiger partial charge >= 0.3 is 11.9 Å². The first-order chi connectivity index (χ1) is 20.9. The van der Waals surface area contributed by atoms with Crippen LogP contribution in [0.4, 0.5) is 0 Å². The molecule has 0 spiro atoms. The zero-order chi connectivity index (χ0) is 30.3. The van der Waals surface area contributed by atoms with Gasteiger partial charge in [-0.3, -0.25) is 4.79 Å². The van der Waals surface area contributed by atoms with Crippen LogP contribution in [0.15, 0.2) is 72.8 Å². The van der Waals surface area contributed by atoms with Crippen molar-refractivity contribution in [2.75, 3.05) is 53.0 Å². The highest BCUT2D eigenvalue weighted by Gasteiger charge is 2.38. The first-order valence-corrected chi connectivity index (χ1v) is 15.0. The second-order valence-corrected chi connectivity index (χ2v) is 11.4. The molecule has 1 aromatic heterocycles. The standard InChI is InChI=1S/C34H38ClN3O5/c1-23-31(28-21-27(42-2)13-14-30(28)36-23)32(34(41)43-33(40)25-9-11-26(35)12-10-25)29(24-7-4-3-5-8-24)22-38-18-16-37(17-19-38)15-6-20-39/h3-5,7-14,21,29,32,36,39H,6,15-20,22H2,1-2H3. The van der Waals surface area contributed by atoms with Gasteiger partial charge in [-0.15, -0.1) is 0 Å². The quantitative estimate of drug-likeness (QED) is 0.175. The Labute approximate surface area is 257 Å². The third-order valence-electron chi connectivity index (χ3n) is 8.26. The Morgan fingerprint density at radius 2 is 1.67 bits per heavy atom. The number of carbonyl (C=O) groups excluding carboxylic acids is 2. The fourth-order valence-corrected chi connectivity index (χ4v) is 6.13. The highest BCUT2D eigenvalue weighted by Crippen LogP contribution is 2.41. The van der Waals surface area contributed by atoms with E-state index in [9.17, 15) is 14.7 Å². The van der Waals surface area contributed by atoms with Crippen LogP contribution in [0.3, 0.4) is 0 Å². The lowest BCUT2D eigenvalue weighted by atomic mass is 9.79. The molecule has 0 bridgehead atoms. The van der Waals surface area contributed by atoms with Crippen molar-refractivity contribution in [3.05, 3.63) is 100 Å².